The normalized spacial score (nSPS) is 14.3. The SMILES string of the molecule is Cc1cc(OCc2ccc(C(=O)NNC(=O)C3(C#N)CCC3)cc2)ccc1Cl. The van der Waals surface area contributed by atoms with Gasteiger partial charge in [-0.05, 0) is 67.6 Å². The van der Waals surface area contributed by atoms with Gasteiger partial charge in [0.25, 0.3) is 11.8 Å². The van der Waals surface area contributed by atoms with Crippen LogP contribution in [0.5, 0.6) is 5.75 Å². The van der Waals surface area contributed by atoms with E-state index in [1.165, 1.54) is 0 Å². The van der Waals surface area contributed by atoms with Crippen molar-refractivity contribution in [1.29, 1.82) is 5.26 Å². The van der Waals surface area contributed by atoms with Gasteiger partial charge >= 0.3 is 0 Å². The fourth-order valence-corrected chi connectivity index (χ4v) is 2.97. The molecule has 0 unspecified atom stereocenters. The molecule has 0 saturated heterocycles. The van der Waals surface area contributed by atoms with Gasteiger partial charge in [0.1, 0.15) is 17.8 Å². The molecule has 7 heteroatoms. The molecule has 1 aliphatic rings. The highest BCUT2D eigenvalue weighted by Crippen LogP contribution is 2.40. The number of nitrogens with zero attached hydrogens (tertiary/aromatic N) is 1. The molecule has 0 aromatic heterocycles. The van der Waals surface area contributed by atoms with E-state index in [4.69, 9.17) is 21.6 Å². The Bertz CT molecular complexity index is 931. The van der Waals surface area contributed by atoms with Gasteiger partial charge < -0.3 is 4.74 Å². The van der Waals surface area contributed by atoms with E-state index < -0.39 is 17.2 Å². The topological polar surface area (TPSA) is 91.2 Å². The van der Waals surface area contributed by atoms with Crippen molar-refractivity contribution in [2.75, 3.05) is 0 Å². The predicted molar refractivity (Wildman–Crippen MR) is 104 cm³/mol. The Morgan fingerprint density at radius 2 is 1.89 bits per heavy atom. The summed E-state index contributed by atoms with van der Waals surface area (Å²) in [5.74, 6) is -0.187. The number of hydrogen-bond acceptors (Lipinski definition) is 4. The lowest BCUT2D eigenvalue weighted by Crippen LogP contribution is -2.51. The molecular formula is C21H20ClN3O3. The summed E-state index contributed by atoms with van der Waals surface area (Å²) in [6.45, 7) is 2.26. The molecule has 0 spiro atoms. The number of carbonyl (C=O) groups is 2. The lowest BCUT2D eigenvalue weighted by molar-refractivity contribution is -0.132. The van der Waals surface area contributed by atoms with Gasteiger partial charge in [-0.3, -0.25) is 20.4 Å². The van der Waals surface area contributed by atoms with Crippen molar-refractivity contribution in [2.24, 2.45) is 5.41 Å². The number of hydrogen-bond donors (Lipinski definition) is 2. The molecule has 0 bridgehead atoms. The van der Waals surface area contributed by atoms with Crippen LogP contribution in [-0.2, 0) is 11.4 Å². The molecule has 28 heavy (non-hydrogen) atoms. The van der Waals surface area contributed by atoms with Crippen LogP contribution < -0.4 is 15.6 Å². The van der Waals surface area contributed by atoms with E-state index in [1.54, 1.807) is 36.4 Å². The molecule has 144 valence electrons. The Hall–Kier alpha value is -3.04. The van der Waals surface area contributed by atoms with Gasteiger partial charge in [-0.2, -0.15) is 5.26 Å². The lowest BCUT2D eigenvalue weighted by atomic mass is 9.69. The van der Waals surface area contributed by atoms with E-state index in [9.17, 15) is 9.59 Å². The third-order valence-electron chi connectivity index (χ3n) is 4.90. The second kappa shape index (κ2) is 8.32. The van der Waals surface area contributed by atoms with Crippen LogP contribution in [0, 0.1) is 23.7 Å². The molecule has 2 aromatic carbocycles. The molecule has 0 aliphatic heterocycles. The van der Waals surface area contributed by atoms with Crippen LogP contribution >= 0.6 is 11.6 Å². The third-order valence-corrected chi connectivity index (χ3v) is 5.32. The number of hydrazine groups is 1. The highest BCUT2D eigenvalue weighted by atomic mass is 35.5. The summed E-state index contributed by atoms with van der Waals surface area (Å²) in [5.41, 5.74) is 5.93. The van der Waals surface area contributed by atoms with Gasteiger partial charge in [-0.1, -0.05) is 23.7 Å². The van der Waals surface area contributed by atoms with Gasteiger partial charge in [-0.25, -0.2) is 0 Å². The molecule has 0 radical (unpaired) electrons. The second-order valence-corrected chi connectivity index (χ2v) is 7.26. The first-order valence-electron chi connectivity index (χ1n) is 8.93. The van der Waals surface area contributed by atoms with Gasteiger partial charge in [0.2, 0.25) is 0 Å². The summed E-state index contributed by atoms with van der Waals surface area (Å²) in [6.07, 6.45) is 1.88. The standard InChI is InChI=1S/C21H20ClN3O3/c1-14-11-17(7-8-18(14)22)28-12-15-3-5-16(6-4-15)19(26)24-25-20(27)21(13-23)9-2-10-21/h3-8,11H,2,9-10,12H2,1H3,(H,24,26)(H,25,27). The molecule has 0 atom stereocenters. The quantitative estimate of drug-likeness (QED) is 0.753. The minimum absolute atomic E-state index is 0.352. The van der Waals surface area contributed by atoms with Gasteiger partial charge in [0.05, 0.1) is 6.07 Å². The highest BCUT2D eigenvalue weighted by molar-refractivity contribution is 6.31. The zero-order chi connectivity index (χ0) is 20.1. The van der Waals surface area contributed by atoms with E-state index in [-0.39, 0.29) is 0 Å². The van der Waals surface area contributed by atoms with E-state index in [0.29, 0.717) is 35.8 Å². The van der Waals surface area contributed by atoms with Crippen molar-refractivity contribution in [3.63, 3.8) is 0 Å². The molecule has 1 aliphatic carbocycles. The van der Waals surface area contributed by atoms with Gasteiger partial charge in [-0.15, -0.1) is 0 Å². The number of benzene rings is 2. The van der Waals surface area contributed by atoms with Crippen LogP contribution in [0.4, 0.5) is 0 Å². The van der Waals surface area contributed by atoms with E-state index in [0.717, 1.165) is 17.5 Å². The van der Waals surface area contributed by atoms with Crippen LogP contribution in [0.1, 0.15) is 40.7 Å². The number of nitriles is 1. The maximum atomic E-state index is 12.2. The van der Waals surface area contributed by atoms with Crippen molar-refractivity contribution in [1.82, 2.24) is 10.9 Å². The van der Waals surface area contributed by atoms with E-state index in [1.807, 2.05) is 19.1 Å². The summed E-state index contributed by atoms with van der Waals surface area (Å²) in [4.78, 5) is 24.2. The van der Waals surface area contributed by atoms with Crippen molar-refractivity contribution in [3.8, 4) is 11.8 Å². The van der Waals surface area contributed by atoms with Crippen LogP contribution in [0.15, 0.2) is 42.5 Å². The van der Waals surface area contributed by atoms with Crippen molar-refractivity contribution in [2.45, 2.75) is 32.8 Å². The van der Waals surface area contributed by atoms with Gasteiger partial charge in [0.15, 0.2) is 0 Å². The Labute approximate surface area is 168 Å². The summed E-state index contributed by atoms with van der Waals surface area (Å²) in [6, 6.07) is 14.3. The fraction of sp³-hybridized carbons (Fsp3) is 0.286. The number of carbonyl (C=O) groups excluding carboxylic acids is 2. The molecule has 2 aromatic rings. The molecule has 6 nitrogen and oxygen atoms in total. The Kier molecular flexibility index (Phi) is 5.86. The van der Waals surface area contributed by atoms with Crippen LogP contribution in [0.3, 0.4) is 0 Å². The first kappa shape index (κ1) is 19.7. The fourth-order valence-electron chi connectivity index (χ4n) is 2.85. The molecule has 1 fully saturated rings. The molecule has 3 rings (SSSR count). The van der Waals surface area contributed by atoms with E-state index in [2.05, 4.69) is 10.9 Å². The Balaban J connectivity index is 1.52. The minimum Gasteiger partial charge on any atom is -0.489 e. The number of aryl methyl sites for hydroxylation is 1. The minimum atomic E-state index is -1.01. The molecule has 1 saturated carbocycles. The monoisotopic (exact) mass is 397 g/mol. The number of rotatable bonds is 5. The average molecular weight is 398 g/mol. The summed E-state index contributed by atoms with van der Waals surface area (Å²) in [5, 5.41) is 9.83. The highest BCUT2D eigenvalue weighted by Gasteiger charge is 2.44. The number of ether oxygens (including phenoxy) is 1. The number of nitrogens with one attached hydrogen (secondary N) is 2. The summed E-state index contributed by atoms with van der Waals surface area (Å²) in [7, 11) is 0. The predicted octanol–water partition coefficient (Wildman–Crippen LogP) is 3.68. The van der Waals surface area contributed by atoms with Crippen molar-refractivity contribution >= 4 is 23.4 Å². The summed E-state index contributed by atoms with van der Waals surface area (Å²) >= 11 is 6.00. The largest absolute Gasteiger partial charge is 0.489 e. The first-order chi connectivity index (χ1) is 13.4. The molecular weight excluding hydrogens is 378 g/mol. The smallest absolute Gasteiger partial charge is 0.269 e. The molecule has 2 N–H and O–H groups in total. The summed E-state index contributed by atoms with van der Waals surface area (Å²) < 4.78 is 5.73. The van der Waals surface area contributed by atoms with E-state index >= 15 is 0 Å². The number of halogens is 1. The second-order valence-electron chi connectivity index (χ2n) is 6.85. The first-order valence-corrected chi connectivity index (χ1v) is 9.31. The molecule has 0 heterocycles. The number of amides is 2. The average Bonchev–Trinajstić information content (AvgIpc) is 2.67. The maximum Gasteiger partial charge on any atom is 0.269 e. The van der Waals surface area contributed by atoms with Crippen LogP contribution in [0.2, 0.25) is 5.02 Å². The third kappa shape index (κ3) is 4.26. The van der Waals surface area contributed by atoms with Crippen LogP contribution in [-0.4, -0.2) is 11.8 Å². The van der Waals surface area contributed by atoms with Crippen molar-refractivity contribution in [3.05, 3.63) is 64.2 Å². The Morgan fingerprint density at radius 3 is 2.46 bits per heavy atom. The molecule has 2 amide bonds. The maximum absolute atomic E-state index is 12.2. The zero-order valence-corrected chi connectivity index (χ0v) is 16.2. The zero-order valence-electron chi connectivity index (χ0n) is 15.4. The lowest BCUT2D eigenvalue weighted by Gasteiger charge is -2.33. The Morgan fingerprint density at radius 1 is 1.18 bits per heavy atom. The van der Waals surface area contributed by atoms with Crippen molar-refractivity contribution < 1.29 is 14.3 Å². The van der Waals surface area contributed by atoms with Gasteiger partial charge in [0, 0.05) is 10.6 Å². The van der Waals surface area contributed by atoms with Crippen LogP contribution in [0.25, 0.3) is 0 Å².